The first kappa shape index (κ1) is 21.1. The molecule has 4 rings (SSSR count). The van der Waals surface area contributed by atoms with E-state index in [2.05, 4.69) is 21.9 Å². The molecule has 0 radical (unpaired) electrons. The second-order valence-corrected chi connectivity index (χ2v) is 7.60. The van der Waals surface area contributed by atoms with Gasteiger partial charge in [-0.05, 0) is 43.7 Å². The maximum atomic E-state index is 15.2. The third kappa shape index (κ3) is 4.33. The lowest BCUT2D eigenvalue weighted by Gasteiger charge is -2.12. The Balaban J connectivity index is 1.63. The molecule has 9 heteroatoms. The second-order valence-electron chi connectivity index (χ2n) is 6.75. The van der Waals surface area contributed by atoms with Crippen molar-refractivity contribution in [2.75, 3.05) is 0 Å². The van der Waals surface area contributed by atoms with Gasteiger partial charge < -0.3 is 13.7 Å². The molecule has 0 atom stereocenters. The fraction of sp³-hybridized carbons (Fsp3) is 0.136. The van der Waals surface area contributed by atoms with Gasteiger partial charge in [0.15, 0.2) is 11.6 Å². The predicted octanol–water partition coefficient (Wildman–Crippen LogP) is 6.81. The molecule has 2 aromatic carbocycles. The number of benzene rings is 2. The van der Waals surface area contributed by atoms with Crippen LogP contribution in [0.4, 0.5) is 4.39 Å². The van der Waals surface area contributed by atoms with Crippen molar-refractivity contribution in [3.05, 3.63) is 81.2 Å². The molecule has 0 aliphatic rings. The van der Waals surface area contributed by atoms with E-state index in [1.165, 1.54) is 6.07 Å². The molecule has 0 aliphatic carbocycles. The molecule has 2 aromatic heterocycles. The summed E-state index contributed by atoms with van der Waals surface area (Å²) in [5.41, 5.74) is 2.26. The molecular weight excluding hydrogens is 444 g/mol. The topological polar surface area (TPSA) is 74.2 Å². The van der Waals surface area contributed by atoms with E-state index in [1.807, 2.05) is 0 Å². The van der Waals surface area contributed by atoms with Crippen LogP contribution in [0.15, 0.2) is 45.9 Å². The van der Waals surface area contributed by atoms with Crippen molar-refractivity contribution in [3.63, 3.8) is 0 Å². The number of ether oxygens (including phenoxy) is 1. The van der Waals surface area contributed by atoms with Gasteiger partial charge in [0.2, 0.25) is 5.89 Å². The van der Waals surface area contributed by atoms with Crippen LogP contribution in [-0.2, 0) is 6.42 Å². The van der Waals surface area contributed by atoms with Crippen LogP contribution >= 0.6 is 23.2 Å². The summed E-state index contributed by atoms with van der Waals surface area (Å²) >= 11 is 12.3. The third-order valence-electron chi connectivity index (χ3n) is 4.53. The number of rotatable bonds is 6. The van der Waals surface area contributed by atoms with Crippen molar-refractivity contribution in [2.45, 2.75) is 20.3 Å². The molecule has 6 nitrogen and oxygen atoms in total. The lowest BCUT2D eigenvalue weighted by atomic mass is 10.1. The molecule has 0 saturated heterocycles. The number of aryl methyl sites for hydroxylation is 2. The van der Waals surface area contributed by atoms with E-state index in [0.29, 0.717) is 27.8 Å². The fourth-order valence-corrected chi connectivity index (χ4v) is 3.48. The van der Waals surface area contributed by atoms with E-state index < -0.39 is 5.82 Å². The average Bonchev–Trinajstić information content (AvgIpc) is 3.32. The Morgan fingerprint density at radius 1 is 1.16 bits per heavy atom. The van der Waals surface area contributed by atoms with Crippen LogP contribution in [0.3, 0.4) is 0 Å². The summed E-state index contributed by atoms with van der Waals surface area (Å²) in [6, 6.07) is 8.03. The zero-order chi connectivity index (χ0) is 22.1. The second kappa shape index (κ2) is 8.53. The van der Waals surface area contributed by atoms with Gasteiger partial charge >= 0.3 is 0 Å². The smallest absolute Gasteiger partial charge is 0.253 e. The molecule has 0 bridgehead atoms. The SMILES string of the molecule is C=Cc1cc(Cl)cc(Oc2c(Cl)ccc(Cc3nnc(-c4c(C)noc4C)o3)c2F)c1. The molecule has 0 N–H and O–H groups in total. The summed E-state index contributed by atoms with van der Waals surface area (Å²) < 4.78 is 31.7. The quantitative estimate of drug-likeness (QED) is 0.315. The number of nitrogens with zero attached hydrogens (tertiary/aromatic N) is 3. The van der Waals surface area contributed by atoms with Gasteiger partial charge in [0, 0.05) is 10.6 Å². The number of hydrogen-bond acceptors (Lipinski definition) is 6. The highest BCUT2D eigenvalue weighted by molar-refractivity contribution is 6.32. The Hall–Kier alpha value is -3.16. The predicted molar refractivity (Wildman–Crippen MR) is 115 cm³/mol. The molecule has 31 heavy (non-hydrogen) atoms. The van der Waals surface area contributed by atoms with Crippen molar-refractivity contribution in [2.24, 2.45) is 0 Å². The van der Waals surface area contributed by atoms with Gasteiger partial charge in [0.1, 0.15) is 17.1 Å². The first-order valence-corrected chi connectivity index (χ1v) is 9.94. The Morgan fingerprint density at radius 2 is 1.97 bits per heavy atom. The highest BCUT2D eigenvalue weighted by atomic mass is 35.5. The van der Waals surface area contributed by atoms with Crippen molar-refractivity contribution in [3.8, 4) is 23.0 Å². The van der Waals surface area contributed by atoms with Crippen LogP contribution in [-0.4, -0.2) is 15.4 Å². The summed E-state index contributed by atoms with van der Waals surface area (Å²) in [7, 11) is 0. The summed E-state index contributed by atoms with van der Waals surface area (Å²) in [6.45, 7) is 7.22. The van der Waals surface area contributed by atoms with Crippen LogP contribution in [0.5, 0.6) is 11.5 Å². The van der Waals surface area contributed by atoms with Crippen molar-refractivity contribution >= 4 is 29.3 Å². The summed E-state index contributed by atoms with van der Waals surface area (Å²) in [4.78, 5) is 0. The maximum absolute atomic E-state index is 15.2. The van der Waals surface area contributed by atoms with Crippen LogP contribution in [0, 0.1) is 19.7 Å². The van der Waals surface area contributed by atoms with Gasteiger partial charge in [-0.1, -0.05) is 47.1 Å². The van der Waals surface area contributed by atoms with E-state index in [0.717, 1.165) is 5.56 Å². The van der Waals surface area contributed by atoms with Gasteiger partial charge in [-0.15, -0.1) is 10.2 Å². The van der Waals surface area contributed by atoms with Crippen LogP contribution in [0.1, 0.15) is 28.5 Å². The zero-order valence-corrected chi connectivity index (χ0v) is 18.1. The first-order valence-electron chi connectivity index (χ1n) is 9.19. The summed E-state index contributed by atoms with van der Waals surface area (Å²) in [5.74, 6) is 0.610. The highest BCUT2D eigenvalue weighted by Gasteiger charge is 2.21. The Kier molecular flexibility index (Phi) is 5.80. The molecule has 0 unspecified atom stereocenters. The Labute approximate surface area is 187 Å². The molecule has 4 aromatic rings. The van der Waals surface area contributed by atoms with Crippen molar-refractivity contribution in [1.82, 2.24) is 15.4 Å². The van der Waals surface area contributed by atoms with Gasteiger partial charge in [-0.2, -0.15) is 0 Å². The number of aromatic nitrogens is 3. The van der Waals surface area contributed by atoms with Gasteiger partial charge in [0.25, 0.3) is 5.89 Å². The van der Waals surface area contributed by atoms with Gasteiger partial charge in [-0.3, -0.25) is 0 Å². The standard InChI is InChI=1S/C22H16Cl2FN3O3/c1-4-13-7-15(23)10-16(8-13)29-21-17(24)6-5-14(20(21)25)9-18-26-27-22(30-18)19-11(2)28-31-12(19)3/h4-8,10H,1,9H2,2-3H3. The minimum Gasteiger partial charge on any atom is -0.453 e. The lowest BCUT2D eigenvalue weighted by Crippen LogP contribution is -1.98. The first-order chi connectivity index (χ1) is 14.9. The maximum Gasteiger partial charge on any atom is 0.253 e. The molecule has 0 aliphatic heterocycles. The molecule has 0 amide bonds. The normalized spacial score (nSPS) is 11.0. The minimum absolute atomic E-state index is 0.0448. The van der Waals surface area contributed by atoms with E-state index in [-0.39, 0.29) is 34.5 Å². The largest absolute Gasteiger partial charge is 0.453 e. The van der Waals surface area contributed by atoms with E-state index in [4.69, 9.17) is 36.9 Å². The molecular formula is C22H16Cl2FN3O3. The monoisotopic (exact) mass is 459 g/mol. The Morgan fingerprint density at radius 3 is 2.68 bits per heavy atom. The van der Waals surface area contributed by atoms with Crippen molar-refractivity contribution < 1.29 is 18.1 Å². The molecule has 158 valence electrons. The highest BCUT2D eigenvalue weighted by Crippen LogP contribution is 2.36. The fourth-order valence-electron chi connectivity index (χ4n) is 3.06. The summed E-state index contributed by atoms with van der Waals surface area (Å²) in [5, 5.41) is 12.4. The van der Waals surface area contributed by atoms with Crippen LogP contribution in [0.2, 0.25) is 10.0 Å². The van der Waals surface area contributed by atoms with Crippen LogP contribution in [0.25, 0.3) is 17.5 Å². The van der Waals surface area contributed by atoms with Gasteiger partial charge in [-0.25, -0.2) is 4.39 Å². The van der Waals surface area contributed by atoms with E-state index >= 15 is 4.39 Å². The molecule has 0 fully saturated rings. The zero-order valence-electron chi connectivity index (χ0n) is 16.6. The summed E-state index contributed by atoms with van der Waals surface area (Å²) in [6.07, 6.45) is 1.66. The van der Waals surface area contributed by atoms with E-state index in [1.54, 1.807) is 44.2 Å². The number of hydrogen-bond donors (Lipinski definition) is 0. The molecule has 0 spiro atoms. The lowest BCUT2D eigenvalue weighted by molar-refractivity contribution is 0.393. The van der Waals surface area contributed by atoms with Gasteiger partial charge in [0.05, 0.1) is 17.1 Å². The molecule has 2 heterocycles. The minimum atomic E-state index is -0.635. The average molecular weight is 460 g/mol. The van der Waals surface area contributed by atoms with Crippen LogP contribution < -0.4 is 4.74 Å². The molecule has 0 saturated carbocycles. The van der Waals surface area contributed by atoms with Crippen molar-refractivity contribution in [1.29, 1.82) is 0 Å². The number of halogens is 3. The van der Waals surface area contributed by atoms with E-state index in [9.17, 15) is 0 Å². The Bertz CT molecular complexity index is 1260. The third-order valence-corrected chi connectivity index (χ3v) is 5.05.